The number of fused-ring (bicyclic) bond motifs is 1. The Morgan fingerprint density at radius 1 is 1.58 bits per heavy atom. The lowest BCUT2D eigenvalue weighted by Crippen LogP contribution is -2.49. The van der Waals surface area contributed by atoms with Gasteiger partial charge in [0.05, 0.1) is 0 Å². The van der Waals surface area contributed by atoms with E-state index in [4.69, 9.17) is 5.11 Å². The summed E-state index contributed by atoms with van der Waals surface area (Å²) in [5.74, 6) is -0.769. The molecule has 0 saturated carbocycles. The highest BCUT2D eigenvalue weighted by atomic mass is 32.1. The van der Waals surface area contributed by atoms with Crippen LogP contribution in [-0.2, 0) is 4.79 Å². The highest BCUT2D eigenvalue weighted by Crippen LogP contribution is 2.30. The van der Waals surface area contributed by atoms with E-state index in [1.165, 1.54) is 6.42 Å². The average molecular weight is 187 g/mol. The fourth-order valence-electron chi connectivity index (χ4n) is 1.80. The van der Waals surface area contributed by atoms with Crippen LogP contribution in [0.3, 0.4) is 0 Å². The third kappa shape index (κ3) is 1.31. The fraction of sp³-hybridized carbons (Fsp3) is 0.625. The molecule has 1 saturated heterocycles. The van der Waals surface area contributed by atoms with Gasteiger partial charge in [0, 0.05) is 12.6 Å². The molecule has 0 bridgehead atoms. The number of rotatable bonds is 1. The highest BCUT2D eigenvalue weighted by Gasteiger charge is 2.34. The van der Waals surface area contributed by atoms with Gasteiger partial charge in [-0.1, -0.05) is 6.08 Å². The van der Waals surface area contributed by atoms with E-state index in [-0.39, 0.29) is 13.5 Å². The minimum Gasteiger partial charge on any atom is -0.477 e. The van der Waals surface area contributed by atoms with Gasteiger partial charge >= 0.3 is 5.97 Å². The van der Waals surface area contributed by atoms with Crippen LogP contribution < -0.4 is 0 Å². The zero-order valence-corrected chi connectivity index (χ0v) is 7.79. The predicted molar refractivity (Wildman–Crippen MR) is 50.4 cm³/mol. The minimum absolute atomic E-state index is 0. The zero-order valence-electron chi connectivity index (χ0n) is 6.79. The molecule has 2 aliphatic heterocycles. The van der Waals surface area contributed by atoms with Crippen LogP contribution in [0.5, 0.6) is 0 Å². The molecule has 2 rings (SSSR count). The van der Waals surface area contributed by atoms with Crippen molar-refractivity contribution in [2.24, 2.45) is 0 Å². The van der Waals surface area contributed by atoms with Crippen LogP contribution in [0.15, 0.2) is 11.8 Å². The summed E-state index contributed by atoms with van der Waals surface area (Å²) in [7, 11) is 0. The van der Waals surface area contributed by atoms with E-state index in [1.54, 1.807) is 0 Å². The first-order chi connectivity index (χ1) is 5.29. The highest BCUT2D eigenvalue weighted by molar-refractivity contribution is 7.59. The molecule has 0 amide bonds. The van der Waals surface area contributed by atoms with Gasteiger partial charge in [0.25, 0.3) is 0 Å². The smallest absolute Gasteiger partial charge is 0.351 e. The van der Waals surface area contributed by atoms with Crippen molar-refractivity contribution in [2.75, 3.05) is 6.54 Å². The fourth-order valence-corrected chi connectivity index (χ4v) is 1.80. The topological polar surface area (TPSA) is 40.5 Å². The SMILES string of the molecule is O=C(O)C1=CCCC2CCN12.S. The van der Waals surface area contributed by atoms with E-state index in [2.05, 4.69) is 0 Å². The minimum atomic E-state index is -0.769. The number of aliphatic carboxylic acids is 1. The van der Waals surface area contributed by atoms with Gasteiger partial charge in [-0.3, -0.25) is 0 Å². The standard InChI is InChI=1S/C8H11NO2.H2S/c10-8(11)7-3-1-2-6-4-5-9(6)7;/h3,6H,1-2,4-5H2,(H,10,11);1H2. The van der Waals surface area contributed by atoms with Gasteiger partial charge in [0.2, 0.25) is 0 Å². The molecule has 4 heteroatoms. The Bertz CT molecular complexity index is 227. The third-order valence-corrected chi connectivity index (χ3v) is 2.51. The molecule has 0 aromatic rings. The first kappa shape index (κ1) is 9.45. The second-order valence-electron chi connectivity index (χ2n) is 3.11. The summed E-state index contributed by atoms with van der Waals surface area (Å²) >= 11 is 0. The van der Waals surface area contributed by atoms with Crippen molar-refractivity contribution < 1.29 is 9.90 Å². The van der Waals surface area contributed by atoms with Gasteiger partial charge in [0.1, 0.15) is 5.70 Å². The van der Waals surface area contributed by atoms with Gasteiger partial charge in [0.15, 0.2) is 0 Å². The van der Waals surface area contributed by atoms with E-state index >= 15 is 0 Å². The summed E-state index contributed by atoms with van der Waals surface area (Å²) in [6, 6.07) is 0.533. The first-order valence-electron chi connectivity index (χ1n) is 3.99. The molecule has 1 N–H and O–H groups in total. The van der Waals surface area contributed by atoms with Crippen molar-refractivity contribution in [3.05, 3.63) is 11.8 Å². The average Bonchev–Trinajstić information content (AvgIpc) is 1.90. The van der Waals surface area contributed by atoms with Crippen molar-refractivity contribution in [3.63, 3.8) is 0 Å². The molecule has 3 nitrogen and oxygen atoms in total. The van der Waals surface area contributed by atoms with Crippen molar-refractivity contribution in [1.82, 2.24) is 4.90 Å². The Hall–Kier alpha value is -0.640. The number of carboxylic acids is 1. The van der Waals surface area contributed by atoms with Crippen molar-refractivity contribution in [2.45, 2.75) is 25.3 Å². The second-order valence-corrected chi connectivity index (χ2v) is 3.11. The normalized spacial score (nSPS) is 26.2. The van der Waals surface area contributed by atoms with Gasteiger partial charge in [-0.05, 0) is 19.3 Å². The molecule has 0 spiro atoms. The molecule has 12 heavy (non-hydrogen) atoms. The molecule has 0 aromatic carbocycles. The van der Waals surface area contributed by atoms with Crippen LogP contribution in [0, 0.1) is 0 Å². The summed E-state index contributed by atoms with van der Waals surface area (Å²) in [6.45, 7) is 0.933. The number of nitrogens with zero attached hydrogens (tertiary/aromatic N) is 1. The van der Waals surface area contributed by atoms with E-state index in [9.17, 15) is 4.79 Å². The van der Waals surface area contributed by atoms with Crippen molar-refractivity contribution in [1.29, 1.82) is 0 Å². The maximum absolute atomic E-state index is 10.6. The van der Waals surface area contributed by atoms with E-state index in [0.717, 1.165) is 19.4 Å². The molecule has 2 aliphatic rings. The number of carbonyl (C=O) groups is 1. The Balaban J connectivity index is 0.000000720. The Morgan fingerprint density at radius 3 is 2.75 bits per heavy atom. The van der Waals surface area contributed by atoms with Crippen LogP contribution in [0.1, 0.15) is 19.3 Å². The lowest BCUT2D eigenvalue weighted by Gasteiger charge is -2.45. The van der Waals surface area contributed by atoms with Gasteiger partial charge in [-0.2, -0.15) is 13.5 Å². The van der Waals surface area contributed by atoms with E-state index in [1.807, 2.05) is 11.0 Å². The largest absolute Gasteiger partial charge is 0.477 e. The first-order valence-corrected chi connectivity index (χ1v) is 3.99. The molecular formula is C8H13NO2S. The zero-order chi connectivity index (χ0) is 7.84. The number of carboxylic acid groups (broad SMARTS) is 1. The Kier molecular flexibility index (Phi) is 2.67. The Labute approximate surface area is 78.5 Å². The van der Waals surface area contributed by atoms with Crippen molar-refractivity contribution in [3.8, 4) is 0 Å². The maximum Gasteiger partial charge on any atom is 0.351 e. The molecule has 0 aliphatic carbocycles. The van der Waals surface area contributed by atoms with Gasteiger partial charge < -0.3 is 10.0 Å². The number of hydrogen-bond donors (Lipinski definition) is 1. The van der Waals surface area contributed by atoms with Crippen LogP contribution in [-0.4, -0.2) is 28.6 Å². The van der Waals surface area contributed by atoms with Crippen LogP contribution in [0.2, 0.25) is 0 Å². The lowest BCUT2D eigenvalue weighted by molar-refractivity contribution is -0.136. The van der Waals surface area contributed by atoms with Gasteiger partial charge in [-0.25, -0.2) is 4.79 Å². The summed E-state index contributed by atoms with van der Waals surface area (Å²) in [5.41, 5.74) is 0.521. The molecule has 2 heterocycles. The van der Waals surface area contributed by atoms with Crippen molar-refractivity contribution >= 4 is 19.5 Å². The molecule has 0 aromatic heterocycles. The summed E-state index contributed by atoms with van der Waals surface area (Å²) < 4.78 is 0. The predicted octanol–water partition coefficient (Wildman–Crippen LogP) is 0.936. The molecule has 1 fully saturated rings. The van der Waals surface area contributed by atoms with Gasteiger partial charge in [-0.15, -0.1) is 0 Å². The quantitative estimate of drug-likeness (QED) is 0.664. The summed E-state index contributed by atoms with van der Waals surface area (Å²) in [6.07, 6.45) is 5.07. The molecular weight excluding hydrogens is 174 g/mol. The second kappa shape index (κ2) is 3.39. The van der Waals surface area contributed by atoms with E-state index in [0.29, 0.717) is 11.7 Å². The number of allylic oxidation sites excluding steroid dienone is 1. The Morgan fingerprint density at radius 2 is 2.33 bits per heavy atom. The van der Waals surface area contributed by atoms with Crippen LogP contribution >= 0.6 is 13.5 Å². The van der Waals surface area contributed by atoms with Crippen LogP contribution in [0.25, 0.3) is 0 Å². The molecule has 68 valence electrons. The summed E-state index contributed by atoms with van der Waals surface area (Å²) in [4.78, 5) is 12.6. The monoisotopic (exact) mass is 187 g/mol. The maximum atomic E-state index is 10.6. The molecule has 1 unspecified atom stereocenters. The summed E-state index contributed by atoms with van der Waals surface area (Å²) in [5, 5.41) is 8.75. The third-order valence-electron chi connectivity index (χ3n) is 2.51. The molecule has 0 radical (unpaired) electrons. The van der Waals surface area contributed by atoms with Crippen LogP contribution in [0.4, 0.5) is 0 Å². The lowest BCUT2D eigenvalue weighted by atomic mass is 9.93. The number of hydrogen-bond acceptors (Lipinski definition) is 2. The molecule has 1 atom stereocenters. The van der Waals surface area contributed by atoms with E-state index < -0.39 is 5.97 Å².